The average Bonchev–Trinajstić information content (AvgIpc) is 3.43. The van der Waals surface area contributed by atoms with E-state index in [1.807, 2.05) is 19.1 Å². The second kappa shape index (κ2) is 6.90. The van der Waals surface area contributed by atoms with E-state index in [-0.39, 0.29) is 11.5 Å². The second-order valence-electron chi connectivity index (χ2n) is 8.56. The first-order chi connectivity index (χ1) is 14.1. The monoisotopic (exact) mass is 394 g/mol. The molecule has 6 rings (SSSR count). The summed E-state index contributed by atoms with van der Waals surface area (Å²) in [5.41, 5.74) is 2.54. The third-order valence-corrected chi connectivity index (χ3v) is 6.86. The van der Waals surface area contributed by atoms with E-state index in [0.29, 0.717) is 11.2 Å². The van der Waals surface area contributed by atoms with Crippen molar-refractivity contribution in [1.82, 2.24) is 15.1 Å². The van der Waals surface area contributed by atoms with E-state index in [2.05, 4.69) is 32.6 Å². The molecule has 152 valence electrons. The number of hydrogen-bond acceptors (Lipinski definition) is 7. The maximum absolute atomic E-state index is 5.59. The molecule has 0 amide bonds. The van der Waals surface area contributed by atoms with Gasteiger partial charge in [0.05, 0.1) is 13.3 Å². The van der Waals surface area contributed by atoms with Gasteiger partial charge in [-0.15, -0.1) is 0 Å². The zero-order valence-electron chi connectivity index (χ0n) is 16.9. The zero-order chi connectivity index (χ0) is 19.9. The summed E-state index contributed by atoms with van der Waals surface area (Å²) in [6.07, 6.45) is 8.96. The number of rotatable bonds is 6. The highest BCUT2D eigenvalue weighted by atomic mass is 16.6. The topological polar surface area (TPSA) is 86.2 Å². The summed E-state index contributed by atoms with van der Waals surface area (Å²) in [6, 6.07) is 8.26. The number of nitrogens with one attached hydrogen (secondary N) is 1. The lowest BCUT2D eigenvalue weighted by molar-refractivity contribution is 0.0322. The zero-order valence-corrected chi connectivity index (χ0v) is 16.9. The Morgan fingerprint density at radius 2 is 1.93 bits per heavy atom. The molecular formula is C22H26N4O3. The van der Waals surface area contributed by atoms with Gasteiger partial charge in [-0.1, -0.05) is 17.3 Å². The number of benzene rings is 1. The Morgan fingerprint density at radius 3 is 2.59 bits per heavy atom. The molecule has 1 N–H and O–H groups in total. The van der Waals surface area contributed by atoms with Gasteiger partial charge in [0.15, 0.2) is 11.6 Å². The Morgan fingerprint density at radius 1 is 1.14 bits per heavy atom. The van der Waals surface area contributed by atoms with Gasteiger partial charge in [0.25, 0.3) is 0 Å². The molecule has 3 fully saturated rings. The van der Waals surface area contributed by atoms with Crippen LogP contribution >= 0.6 is 0 Å². The van der Waals surface area contributed by atoms with Crippen molar-refractivity contribution in [3.63, 3.8) is 0 Å². The standard InChI is InChI=1S/C22H26N4O3/c1-15-25-19(29-26-15)22-9-6-21(7-10-22,8-11-22)14-24-17-5-3-4-16(12-17)18-13-23-20(27-2)28-18/h3-5,12-13,24H,6-11,14H2,1-2H3. The molecule has 3 aliphatic carbocycles. The maximum atomic E-state index is 5.59. The van der Waals surface area contributed by atoms with Crippen LogP contribution < -0.4 is 10.1 Å². The molecule has 1 aromatic carbocycles. The van der Waals surface area contributed by atoms with E-state index >= 15 is 0 Å². The number of aromatic nitrogens is 3. The summed E-state index contributed by atoms with van der Waals surface area (Å²) >= 11 is 0. The Hall–Kier alpha value is -2.83. The molecule has 0 unspecified atom stereocenters. The van der Waals surface area contributed by atoms with Crippen LogP contribution in [0.25, 0.3) is 11.3 Å². The number of hydrogen-bond donors (Lipinski definition) is 1. The minimum Gasteiger partial charge on any atom is -0.454 e. The fourth-order valence-electron chi connectivity index (χ4n) is 4.92. The predicted molar refractivity (Wildman–Crippen MR) is 108 cm³/mol. The van der Waals surface area contributed by atoms with Gasteiger partial charge in [0.2, 0.25) is 5.89 Å². The van der Waals surface area contributed by atoms with Crippen molar-refractivity contribution in [2.45, 2.75) is 50.9 Å². The summed E-state index contributed by atoms with van der Waals surface area (Å²) in [5, 5.41) is 7.69. The van der Waals surface area contributed by atoms with Gasteiger partial charge >= 0.3 is 6.08 Å². The van der Waals surface area contributed by atoms with Crippen molar-refractivity contribution in [1.29, 1.82) is 0 Å². The summed E-state index contributed by atoms with van der Waals surface area (Å²) in [7, 11) is 1.55. The fourth-order valence-corrected chi connectivity index (χ4v) is 4.92. The van der Waals surface area contributed by atoms with Crippen LogP contribution in [0.5, 0.6) is 6.08 Å². The van der Waals surface area contributed by atoms with Gasteiger partial charge < -0.3 is 19.0 Å². The maximum Gasteiger partial charge on any atom is 0.393 e. The number of anilines is 1. The number of ether oxygens (including phenoxy) is 1. The Labute approximate surface area is 169 Å². The molecule has 3 aromatic rings. The third-order valence-electron chi connectivity index (χ3n) is 6.86. The molecule has 7 nitrogen and oxygen atoms in total. The van der Waals surface area contributed by atoms with Crippen molar-refractivity contribution in [2.75, 3.05) is 19.0 Å². The van der Waals surface area contributed by atoms with Crippen molar-refractivity contribution in [2.24, 2.45) is 5.41 Å². The van der Waals surface area contributed by atoms with Crippen molar-refractivity contribution < 1.29 is 13.7 Å². The van der Waals surface area contributed by atoms with Gasteiger partial charge in [-0.25, -0.2) is 0 Å². The van der Waals surface area contributed by atoms with Crippen LogP contribution in [0.15, 0.2) is 39.4 Å². The lowest BCUT2D eigenvalue weighted by Gasteiger charge is -2.52. The van der Waals surface area contributed by atoms with E-state index < -0.39 is 0 Å². The molecule has 0 radical (unpaired) electrons. The predicted octanol–water partition coefficient (Wildman–Crippen LogP) is 4.75. The van der Waals surface area contributed by atoms with Crippen LogP contribution in [0.1, 0.15) is 50.2 Å². The summed E-state index contributed by atoms with van der Waals surface area (Å²) in [6.45, 7) is 2.88. The van der Waals surface area contributed by atoms with Crippen LogP contribution in [-0.4, -0.2) is 28.8 Å². The molecule has 0 saturated heterocycles. The minimum atomic E-state index is 0.105. The Bertz CT molecular complexity index is 984. The van der Waals surface area contributed by atoms with Gasteiger partial charge in [-0.2, -0.15) is 9.97 Å². The van der Waals surface area contributed by atoms with Crippen LogP contribution in [0.4, 0.5) is 5.69 Å². The highest BCUT2D eigenvalue weighted by molar-refractivity contribution is 5.63. The number of oxazole rings is 1. The van der Waals surface area contributed by atoms with Gasteiger partial charge in [-0.05, 0) is 63.0 Å². The van der Waals surface area contributed by atoms with Crippen molar-refractivity contribution >= 4 is 5.69 Å². The first-order valence-corrected chi connectivity index (χ1v) is 10.2. The number of nitrogens with zero attached hydrogens (tertiary/aromatic N) is 3. The molecule has 0 aliphatic heterocycles. The van der Waals surface area contributed by atoms with E-state index in [1.54, 1.807) is 13.3 Å². The number of aryl methyl sites for hydroxylation is 1. The lowest BCUT2D eigenvalue weighted by Crippen LogP contribution is -2.47. The van der Waals surface area contributed by atoms with Crippen LogP contribution in [0.2, 0.25) is 0 Å². The second-order valence-corrected chi connectivity index (χ2v) is 8.56. The molecule has 2 aromatic heterocycles. The van der Waals surface area contributed by atoms with Crippen molar-refractivity contribution in [3.05, 3.63) is 42.2 Å². The van der Waals surface area contributed by atoms with Crippen molar-refractivity contribution in [3.8, 4) is 17.4 Å². The SMILES string of the molecule is COc1ncc(-c2cccc(NCC34CCC(c5nc(C)no5)(CC3)CC4)c2)o1. The average molecular weight is 394 g/mol. The molecule has 0 atom stereocenters. The fraction of sp³-hybridized carbons (Fsp3) is 0.500. The molecule has 3 aliphatic rings. The molecule has 2 heterocycles. The van der Waals surface area contributed by atoms with Gasteiger partial charge in [-0.3, -0.25) is 0 Å². The smallest absolute Gasteiger partial charge is 0.393 e. The minimum absolute atomic E-state index is 0.105. The summed E-state index contributed by atoms with van der Waals surface area (Å²) < 4.78 is 16.2. The third kappa shape index (κ3) is 3.28. The highest BCUT2D eigenvalue weighted by Gasteiger charge is 2.51. The first kappa shape index (κ1) is 18.2. The van der Waals surface area contributed by atoms with Crippen LogP contribution in [0, 0.1) is 12.3 Å². The van der Waals surface area contributed by atoms with Gasteiger partial charge in [0.1, 0.15) is 0 Å². The summed E-state index contributed by atoms with van der Waals surface area (Å²) in [5.74, 6) is 2.30. The highest BCUT2D eigenvalue weighted by Crippen LogP contribution is 2.57. The molecule has 0 spiro atoms. The normalized spacial score (nSPS) is 25.9. The largest absolute Gasteiger partial charge is 0.454 e. The molecular weight excluding hydrogens is 368 g/mol. The molecule has 2 bridgehead atoms. The number of fused-ring (bicyclic) bond motifs is 3. The Kier molecular flexibility index (Phi) is 4.33. The summed E-state index contributed by atoms with van der Waals surface area (Å²) in [4.78, 5) is 8.64. The van der Waals surface area contributed by atoms with Gasteiger partial charge in [0, 0.05) is 23.2 Å². The molecule has 3 saturated carbocycles. The van der Waals surface area contributed by atoms with Crippen LogP contribution in [-0.2, 0) is 5.41 Å². The quantitative estimate of drug-likeness (QED) is 0.646. The van der Waals surface area contributed by atoms with E-state index in [1.165, 1.54) is 19.3 Å². The van der Waals surface area contributed by atoms with E-state index in [0.717, 1.165) is 48.8 Å². The van der Waals surface area contributed by atoms with E-state index in [4.69, 9.17) is 13.7 Å². The Balaban J connectivity index is 1.25. The van der Waals surface area contributed by atoms with Crippen LogP contribution in [0.3, 0.4) is 0 Å². The number of methoxy groups -OCH3 is 1. The lowest BCUT2D eigenvalue weighted by atomic mass is 9.53. The molecule has 29 heavy (non-hydrogen) atoms. The first-order valence-electron chi connectivity index (χ1n) is 10.2. The molecule has 7 heteroatoms. The van der Waals surface area contributed by atoms with E-state index in [9.17, 15) is 0 Å².